The highest BCUT2D eigenvalue weighted by Gasteiger charge is 2.25. The molecule has 1 N–H and O–H groups in total. The van der Waals surface area contributed by atoms with Crippen LogP contribution in [0, 0.1) is 0 Å². The molecule has 1 heterocycles. The summed E-state index contributed by atoms with van der Waals surface area (Å²) in [6.45, 7) is 1.37. The number of nitrogens with zero attached hydrogens (tertiary/aromatic N) is 1. The number of hydrogen-bond donors (Lipinski definition) is 1. The van der Waals surface area contributed by atoms with E-state index in [1.807, 2.05) is 30.3 Å². The largest absolute Gasteiger partial charge is 0.493 e. The van der Waals surface area contributed by atoms with Crippen molar-refractivity contribution in [3.8, 4) is 11.5 Å². The molecule has 3 rings (SSSR count). The maximum absolute atomic E-state index is 12.5. The molecular formula is C21H24N2O5. The minimum absolute atomic E-state index is 0.0747. The Bertz CT molecular complexity index is 825. The van der Waals surface area contributed by atoms with Gasteiger partial charge in [0.2, 0.25) is 5.91 Å². The molecule has 28 heavy (non-hydrogen) atoms. The van der Waals surface area contributed by atoms with Crippen molar-refractivity contribution in [1.29, 1.82) is 0 Å². The van der Waals surface area contributed by atoms with Crippen molar-refractivity contribution >= 4 is 11.8 Å². The average Bonchev–Trinajstić information content (AvgIpc) is 2.77. The van der Waals surface area contributed by atoms with Crippen LogP contribution in [0.25, 0.3) is 0 Å². The summed E-state index contributed by atoms with van der Waals surface area (Å²) in [5, 5.41) is 2.67. The number of benzene rings is 2. The first-order valence-corrected chi connectivity index (χ1v) is 9.07. The van der Waals surface area contributed by atoms with Crippen molar-refractivity contribution in [1.82, 2.24) is 10.2 Å². The quantitative estimate of drug-likeness (QED) is 0.825. The molecule has 1 unspecified atom stereocenters. The lowest BCUT2D eigenvalue weighted by Crippen LogP contribution is -2.46. The Morgan fingerprint density at radius 3 is 2.57 bits per heavy atom. The van der Waals surface area contributed by atoms with Crippen molar-refractivity contribution in [2.24, 2.45) is 0 Å². The van der Waals surface area contributed by atoms with Crippen LogP contribution < -0.4 is 14.8 Å². The van der Waals surface area contributed by atoms with Gasteiger partial charge in [-0.3, -0.25) is 9.59 Å². The zero-order valence-electron chi connectivity index (χ0n) is 16.0. The lowest BCUT2D eigenvalue weighted by molar-refractivity contribution is -0.137. The molecule has 7 heteroatoms. The van der Waals surface area contributed by atoms with E-state index in [0.29, 0.717) is 36.8 Å². The minimum Gasteiger partial charge on any atom is -0.493 e. The van der Waals surface area contributed by atoms with Crippen molar-refractivity contribution in [2.45, 2.75) is 6.10 Å². The molecule has 1 atom stereocenters. The van der Waals surface area contributed by atoms with Gasteiger partial charge in [0.25, 0.3) is 5.91 Å². The monoisotopic (exact) mass is 384 g/mol. The number of carbonyl (C=O) groups excluding carboxylic acids is 2. The predicted molar refractivity (Wildman–Crippen MR) is 104 cm³/mol. The van der Waals surface area contributed by atoms with Gasteiger partial charge in [-0.15, -0.1) is 0 Å². The molecule has 7 nitrogen and oxygen atoms in total. The molecule has 1 saturated heterocycles. The van der Waals surface area contributed by atoms with Crippen LogP contribution in [-0.4, -0.2) is 57.2 Å². The summed E-state index contributed by atoms with van der Waals surface area (Å²) < 4.78 is 16.2. The molecule has 0 aliphatic carbocycles. The Balaban J connectivity index is 1.57. The first kappa shape index (κ1) is 19.7. The SMILES string of the molecule is COc1ccc(C(=O)NCC(=O)N2CCOC(c3ccccc3)C2)cc1OC. The van der Waals surface area contributed by atoms with Crippen LogP contribution in [0.2, 0.25) is 0 Å². The second-order valence-corrected chi connectivity index (χ2v) is 6.36. The zero-order chi connectivity index (χ0) is 19.9. The smallest absolute Gasteiger partial charge is 0.251 e. The van der Waals surface area contributed by atoms with E-state index in [2.05, 4.69) is 5.32 Å². The molecule has 0 radical (unpaired) electrons. The van der Waals surface area contributed by atoms with Crippen LogP contribution >= 0.6 is 0 Å². The molecule has 1 fully saturated rings. The van der Waals surface area contributed by atoms with Gasteiger partial charge in [0, 0.05) is 12.1 Å². The predicted octanol–water partition coefficient (Wildman–Crippen LogP) is 2.03. The van der Waals surface area contributed by atoms with Crippen LogP contribution in [0.1, 0.15) is 22.0 Å². The number of nitrogens with one attached hydrogen (secondary N) is 1. The Labute approximate surface area is 164 Å². The lowest BCUT2D eigenvalue weighted by atomic mass is 10.1. The standard InChI is InChI=1S/C21H24N2O5/c1-26-17-9-8-16(12-18(17)27-2)21(25)22-13-20(24)23-10-11-28-19(14-23)15-6-4-3-5-7-15/h3-9,12,19H,10-11,13-14H2,1-2H3,(H,22,25). The second kappa shape index (κ2) is 9.23. The van der Waals surface area contributed by atoms with Crippen LogP contribution in [0.15, 0.2) is 48.5 Å². The number of amides is 2. The Morgan fingerprint density at radius 2 is 1.86 bits per heavy atom. The molecule has 0 aromatic heterocycles. The number of morpholine rings is 1. The molecule has 1 aliphatic rings. The fourth-order valence-corrected chi connectivity index (χ4v) is 3.09. The van der Waals surface area contributed by atoms with Gasteiger partial charge in [-0.05, 0) is 23.8 Å². The third-order valence-corrected chi connectivity index (χ3v) is 4.64. The van der Waals surface area contributed by atoms with E-state index in [4.69, 9.17) is 14.2 Å². The van der Waals surface area contributed by atoms with Gasteiger partial charge in [-0.25, -0.2) is 0 Å². The fraction of sp³-hybridized carbons (Fsp3) is 0.333. The molecule has 2 amide bonds. The van der Waals surface area contributed by atoms with E-state index >= 15 is 0 Å². The molecule has 148 valence electrons. The summed E-state index contributed by atoms with van der Waals surface area (Å²) in [6, 6.07) is 14.7. The maximum atomic E-state index is 12.5. The third kappa shape index (κ3) is 4.61. The Hall–Kier alpha value is -3.06. The van der Waals surface area contributed by atoms with Gasteiger partial charge >= 0.3 is 0 Å². The molecule has 2 aromatic carbocycles. The van der Waals surface area contributed by atoms with Gasteiger partial charge in [0.15, 0.2) is 11.5 Å². The average molecular weight is 384 g/mol. The second-order valence-electron chi connectivity index (χ2n) is 6.36. The molecular weight excluding hydrogens is 360 g/mol. The summed E-state index contributed by atoms with van der Waals surface area (Å²) in [7, 11) is 3.03. The van der Waals surface area contributed by atoms with Crippen LogP contribution in [-0.2, 0) is 9.53 Å². The Morgan fingerprint density at radius 1 is 1.11 bits per heavy atom. The van der Waals surface area contributed by atoms with E-state index in [1.54, 1.807) is 23.1 Å². The van der Waals surface area contributed by atoms with E-state index in [-0.39, 0.29) is 24.5 Å². The van der Waals surface area contributed by atoms with E-state index in [0.717, 1.165) is 5.56 Å². The third-order valence-electron chi connectivity index (χ3n) is 4.64. The normalized spacial score (nSPS) is 16.4. The number of hydrogen-bond acceptors (Lipinski definition) is 5. The van der Waals surface area contributed by atoms with Gasteiger partial charge in [-0.1, -0.05) is 30.3 Å². The first-order valence-electron chi connectivity index (χ1n) is 9.07. The van der Waals surface area contributed by atoms with Gasteiger partial charge in [-0.2, -0.15) is 0 Å². The van der Waals surface area contributed by atoms with E-state index in [9.17, 15) is 9.59 Å². The number of carbonyl (C=O) groups is 2. The fourth-order valence-electron chi connectivity index (χ4n) is 3.09. The number of rotatable bonds is 6. The van der Waals surface area contributed by atoms with Gasteiger partial charge < -0.3 is 24.4 Å². The van der Waals surface area contributed by atoms with Crippen molar-refractivity contribution in [3.63, 3.8) is 0 Å². The molecule has 0 bridgehead atoms. The highest BCUT2D eigenvalue weighted by atomic mass is 16.5. The van der Waals surface area contributed by atoms with Crippen LogP contribution in [0.5, 0.6) is 11.5 Å². The molecule has 2 aromatic rings. The van der Waals surface area contributed by atoms with E-state index < -0.39 is 0 Å². The summed E-state index contributed by atoms with van der Waals surface area (Å²) in [6.07, 6.45) is -0.152. The first-order chi connectivity index (χ1) is 13.6. The number of methoxy groups -OCH3 is 2. The highest BCUT2D eigenvalue weighted by Crippen LogP contribution is 2.27. The zero-order valence-corrected chi connectivity index (χ0v) is 16.0. The van der Waals surface area contributed by atoms with Crippen LogP contribution in [0.3, 0.4) is 0 Å². The summed E-state index contributed by atoms with van der Waals surface area (Å²) in [4.78, 5) is 26.6. The summed E-state index contributed by atoms with van der Waals surface area (Å²) in [5.74, 6) is 0.510. The van der Waals surface area contributed by atoms with Crippen molar-refractivity contribution < 1.29 is 23.8 Å². The summed E-state index contributed by atoms with van der Waals surface area (Å²) >= 11 is 0. The van der Waals surface area contributed by atoms with Crippen molar-refractivity contribution in [3.05, 3.63) is 59.7 Å². The molecule has 0 spiro atoms. The topological polar surface area (TPSA) is 77.1 Å². The van der Waals surface area contributed by atoms with Gasteiger partial charge in [0.05, 0.1) is 33.9 Å². The maximum Gasteiger partial charge on any atom is 0.251 e. The highest BCUT2D eigenvalue weighted by molar-refractivity contribution is 5.97. The number of ether oxygens (including phenoxy) is 3. The molecule has 1 aliphatic heterocycles. The van der Waals surface area contributed by atoms with Gasteiger partial charge in [0.1, 0.15) is 6.10 Å². The van der Waals surface area contributed by atoms with Crippen LogP contribution in [0.4, 0.5) is 0 Å². The van der Waals surface area contributed by atoms with Crippen molar-refractivity contribution in [2.75, 3.05) is 40.5 Å². The summed E-state index contributed by atoms with van der Waals surface area (Å²) in [5.41, 5.74) is 1.43. The minimum atomic E-state index is -0.345. The molecule has 0 saturated carbocycles. The van der Waals surface area contributed by atoms with E-state index in [1.165, 1.54) is 14.2 Å². The Kier molecular flexibility index (Phi) is 6.49. The lowest BCUT2D eigenvalue weighted by Gasteiger charge is -2.33.